The second-order valence-corrected chi connectivity index (χ2v) is 5.05. The molecule has 1 aliphatic rings. The van der Waals surface area contributed by atoms with E-state index in [1.807, 2.05) is 0 Å². The first-order valence-corrected chi connectivity index (χ1v) is 6.65. The van der Waals surface area contributed by atoms with Crippen LogP contribution in [-0.4, -0.2) is 21.8 Å². The summed E-state index contributed by atoms with van der Waals surface area (Å²) in [7, 11) is 0. The number of hydrogen-bond donors (Lipinski definition) is 1. The van der Waals surface area contributed by atoms with Gasteiger partial charge in [0.1, 0.15) is 0 Å². The Kier molecular flexibility index (Phi) is 3.50. The number of carbonyl (C=O) groups excluding carboxylic acids is 1. The Hall–Kier alpha value is -0.610. The minimum Gasteiger partial charge on any atom is -0.346 e. The van der Waals surface area contributed by atoms with Crippen LogP contribution in [0, 0.1) is 0 Å². The summed E-state index contributed by atoms with van der Waals surface area (Å²) in [6.07, 6.45) is 6.26. The molecule has 1 aliphatic carbocycles. The zero-order valence-electron chi connectivity index (χ0n) is 8.67. The van der Waals surface area contributed by atoms with Crippen molar-refractivity contribution in [2.24, 2.45) is 0 Å². The topological polar surface area (TPSA) is 42.0 Å². The summed E-state index contributed by atoms with van der Waals surface area (Å²) in [6.45, 7) is 0. The van der Waals surface area contributed by atoms with Crippen LogP contribution in [0.1, 0.15) is 29.6 Å². The molecular weight excluding hydrogens is 291 g/mol. The standard InChI is InChI=1S/C11H12BrClN2O/c12-7-11(3-1-4-11)15-10(16)8-2-5-14-6-9(8)13/h2,5-6H,1,3-4,7H2,(H,15,16). The maximum atomic E-state index is 12.0. The molecule has 0 spiro atoms. The first-order valence-electron chi connectivity index (χ1n) is 5.15. The summed E-state index contributed by atoms with van der Waals surface area (Å²) in [4.78, 5) is 15.8. The minimum atomic E-state index is -0.119. The Morgan fingerprint density at radius 2 is 2.38 bits per heavy atom. The van der Waals surface area contributed by atoms with Gasteiger partial charge < -0.3 is 5.32 Å². The monoisotopic (exact) mass is 302 g/mol. The fourth-order valence-electron chi connectivity index (χ4n) is 1.76. The van der Waals surface area contributed by atoms with Crippen molar-refractivity contribution in [3.05, 3.63) is 29.0 Å². The first-order chi connectivity index (χ1) is 7.67. The number of rotatable bonds is 3. The average molecular weight is 304 g/mol. The van der Waals surface area contributed by atoms with Crippen LogP contribution in [0.5, 0.6) is 0 Å². The molecule has 1 aromatic rings. The summed E-state index contributed by atoms with van der Waals surface area (Å²) >= 11 is 9.36. The van der Waals surface area contributed by atoms with Crippen molar-refractivity contribution >= 4 is 33.4 Å². The molecule has 0 atom stereocenters. The van der Waals surface area contributed by atoms with Crippen LogP contribution in [0.25, 0.3) is 0 Å². The lowest BCUT2D eigenvalue weighted by molar-refractivity contribution is 0.0856. The molecule has 1 N–H and O–H groups in total. The Morgan fingerprint density at radius 3 is 2.88 bits per heavy atom. The van der Waals surface area contributed by atoms with Crippen LogP contribution >= 0.6 is 27.5 Å². The highest BCUT2D eigenvalue weighted by Gasteiger charge is 2.37. The third kappa shape index (κ3) is 2.23. The van der Waals surface area contributed by atoms with Crippen molar-refractivity contribution in [2.45, 2.75) is 24.8 Å². The van der Waals surface area contributed by atoms with Gasteiger partial charge in [-0.2, -0.15) is 0 Å². The number of pyridine rings is 1. The van der Waals surface area contributed by atoms with E-state index in [-0.39, 0.29) is 11.4 Å². The zero-order valence-corrected chi connectivity index (χ0v) is 11.0. The molecule has 0 bridgehead atoms. The quantitative estimate of drug-likeness (QED) is 0.873. The van der Waals surface area contributed by atoms with Gasteiger partial charge in [0.05, 0.1) is 16.1 Å². The van der Waals surface area contributed by atoms with E-state index in [0.29, 0.717) is 10.6 Å². The van der Waals surface area contributed by atoms with E-state index in [2.05, 4.69) is 26.2 Å². The van der Waals surface area contributed by atoms with Gasteiger partial charge in [0.2, 0.25) is 0 Å². The molecule has 0 unspecified atom stereocenters. The van der Waals surface area contributed by atoms with Gasteiger partial charge in [-0.25, -0.2) is 0 Å². The van der Waals surface area contributed by atoms with E-state index in [4.69, 9.17) is 11.6 Å². The largest absolute Gasteiger partial charge is 0.346 e. The molecule has 1 saturated carbocycles. The molecule has 1 aromatic heterocycles. The van der Waals surface area contributed by atoms with Crippen LogP contribution in [0.15, 0.2) is 18.5 Å². The Morgan fingerprint density at radius 1 is 1.62 bits per heavy atom. The average Bonchev–Trinajstić information content (AvgIpc) is 2.24. The number of amides is 1. The Bertz CT molecular complexity index is 401. The van der Waals surface area contributed by atoms with Crippen molar-refractivity contribution in [2.75, 3.05) is 5.33 Å². The summed E-state index contributed by atoms with van der Waals surface area (Å²) in [5.41, 5.74) is 0.410. The van der Waals surface area contributed by atoms with Gasteiger partial charge in [-0.15, -0.1) is 0 Å². The number of aromatic nitrogens is 1. The molecule has 5 heteroatoms. The van der Waals surface area contributed by atoms with Gasteiger partial charge in [-0.3, -0.25) is 9.78 Å². The highest BCUT2D eigenvalue weighted by Crippen LogP contribution is 2.33. The number of nitrogens with zero attached hydrogens (tertiary/aromatic N) is 1. The number of halogens is 2. The Labute approximate surface area is 108 Å². The van der Waals surface area contributed by atoms with Gasteiger partial charge >= 0.3 is 0 Å². The molecule has 2 rings (SSSR count). The summed E-state index contributed by atoms with van der Waals surface area (Å²) in [5, 5.41) is 4.22. The van der Waals surface area contributed by atoms with Crippen molar-refractivity contribution in [3.63, 3.8) is 0 Å². The SMILES string of the molecule is O=C(NC1(CBr)CCC1)c1ccncc1Cl. The molecular formula is C11H12BrClN2O. The van der Waals surface area contributed by atoms with E-state index < -0.39 is 0 Å². The van der Waals surface area contributed by atoms with Crippen LogP contribution in [-0.2, 0) is 0 Å². The van der Waals surface area contributed by atoms with Crippen molar-refractivity contribution in [1.82, 2.24) is 10.3 Å². The molecule has 1 fully saturated rings. The molecule has 16 heavy (non-hydrogen) atoms. The lowest BCUT2D eigenvalue weighted by atomic mass is 9.78. The molecule has 0 aromatic carbocycles. The third-order valence-corrected chi connectivity index (χ3v) is 4.34. The molecule has 0 saturated heterocycles. The van der Waals surface area contributed by atoms with Crippen LogP contribution in [0.4, 0.5) is 0 Å². The highest BCUT2D eigenvalue weighted by molar-refractivity contribution is 9.09. The normalized spacial score (nSPS) is 17.6. The van der Waals surface area contributed by atoms with Gasteiger partial charge in [0, 0.05) is 17.7 Å². The molecule has 1 heterocycles. The number of hydrogen-bond acceptors (Lipinski definition) is 2. The summed E-state index contributed by atoms with van der Waals surface area (Å²) < 4.78 is 0. The van der Waals surface area contributed by atoms with Gasteiger partial charge in [-0.05, 0) is 25.3 Å². The lowest BCUT2D eigenvalue weighted by Gasteiger charge is -2.41. The van der Waals surface area contributed by atoms with E-state index in [0.717, 1.165) is 24.6 Å². The van der Waals surface area contributed by atoms with Crippen LogP contribution in [0.3, 0.4) is 0 Å². The fourth-order valence-corrected chi connectivity index (χ4v) is 2.67. The first kappa shape index (κ1) is 11.9. The highest BCUT2D eigenvalue weighted by atomic mass is 79.9. The van der Waals surface area contributed by atoms with E-state index in [1.165, 1.54) is 6.20 Å². The number of alkyl halides is 1. The van der Waals surface area contributed by atoms with E-state index in [1.54, 1.807) is 12.3 Å². The maximum Gasteiger partial charge on any atom is 0.253 e. The van der Waals surface area contributed by atoms with Gasteiger partial charge in [0.15, 0.2) is 0 Å². The number of nitrogens with one attached hydrogen (secondary N) is 1. The third-order valence-electron chi connectivity index (χ3n) is 2.96. The van der Waals surface area contributed by atoms with Gasteiger partial charge in [0.25, 0.3) is 5.91 Å². The number of carbonyl (C=O) groups is 1. The predicted octanol–water partition coefficient (Wildman–Crippen LogP) is 2.78. The second-order valence-electron chi connectivity index (χ2n) is 4.08. The lowest BCUT2D eigenvalue weighted by Crippen LogP contribution is -2.54. The van der Waals surface area contributed by atoms with Gasteiger partial charge in [-0.1, -0.05) is 27.5 Å². The summed E-state index contributed by atoms with van der Waals surface area (Å²) in [5.74, 6) is -0.119. The molecule has 3 nitrogen and oxygen atoms in total. The second kappa shape index (κ2) is 4.72. The van der Waals surface area contributed by atoms with E-state index in [9.17, 15) is 4.79 Å². The summed E-state index contributed by atoms with van der Waals surface area (Å²) in [6, 6.07) is 1.64. The van der Waals surface area contributed by atoms with E-state index >= 15 is 0 Å². The Balaban J connectivity index is 2.11. The predicted molar refractivity (Wildman–Crippen MR) is 67.1 cm³/mol. The molecule has 0 radical (unpaired) electrons. The zero-order chi connectivity index (χ0) is 11.6. The maximum absolute atomic E-state index is 12.0. The minimum absolute atomic E-state index is 0.0797. The molecule has 0 aliphatic heterocycles. The van der Waals surface area contributed by atoms with Crippen LogP contribution < -0.4 is 5.32 Å². The van der Waals surface area contributed by atoms with Crippen molar-refractivity contribution in [1.29, 1.82) is 0 Å². The van der Waals surface area contributed by atoms with Crippen molar-refractivity contribution in [3.8, 4) is 0 Å². The smallest absolute Gasteiger partial charge is 0.253 e. The van der Waals surface area contributed by atoms with Crippen LogP contribution in [0.2, 0.25) is 5.02 Å². The molecule has 1 amide bonds. The van der Waals surface area contributed by atoms with Crippen molar-refractivity contribution < 1.29 is 4.79 Å². The molecule has 86 valence electrons. The fraction of sp³-hybridized carbons (Fsp3) is 0.455.